The molecule has 0 radical (unpaired) electrons. The number of hydrogen-bond acceptors (Lipinski definition) is 4. The van der Waals surface area contributed by atoms with E-state index in [1.807, 2.05) is 18.7 Å². The van der Waals surface area contributed by atoms with Crippen LogP contribution in [0.1, 0.15) is 26.7 Å². The van der Waals surface area contributed by atoms with Gasteiger partial charge in [-0.1, -0.05) is 25.4 Å². The number of anilines is 1. The first-order valence-corrected chi connectivity index (χ1v) is 7.29. The van der Waals surface area contributed by atoms with Gasteiger partial charge in [0.1, 0.15) is 5.69 Å². The third-order valence-corrected chi connectivity index (χ3v) is 3.58. The van der Waals surface area contributed by atoms with Gasteiger partial charge in [0.05, 0.1) is 4.92 Å². The minimum Gasteiger partial charge on any atom is -0.396 e. The van der Waals surface area contributed by atoms with Crippen LogP contribution in [0.3, 0.4) is 0 Å². The second-order valence-corrected chi connectivity index (χ2v) is 4.94. The second-order valence-electron chi connectivity index (χ2n) is 4.50. The fourth-order valence-electron chi connectivity index (χ4n) is 2.27. The van der Waals surface area contributed by atoms with Crippen molar-refractivity contribution in [3.05, 3.63) is 33.3 Å². The van der Waals surface area contributed by atoms with Crippen LogP contribution < -0.4 is 4.90 Å². The normalized spacial score (nSPS) is 15.5. The molecule has 1 aliphatic rings. The second kappa shape index (κ2) is 8.07. The van der Waals surface area contributed by atoms with Gasteiger partial charge < -0.3 is 10.0 Å². The Labute approximate surface area is 124 Å². The van der Waals surface area contributed by atoms with Crippen molar-refractivity contribution in [2.45, 2.75) is 26.7 Å². The van der Waals surface area contributed by atoms with Crippen molar-refractivity contribution < 1.29 is 10.0 Å². The molecule has 0 unspecified atom stereocenters. The predicted octanol–water partition coefficient (Wildman–Crippen LogP) is 3.48. The Morgan fingerprint density at radius 2 is 2.00 bits per heavy atom. The SMILES string of the molecule is CC.O=[N+]([O-])c1cc(Cl)ccc1N1CCC(CO)CC1. The van der Waals surface area contributed by atoms with E-state index in [0.29, 0.717) is 16.6 Å². The maximum atomic E-state index is 11.0. The average molecular weight is 301 g/mol. The molecule has 1 N–H and O–H groups in total. The van der Waals surface area contributed by atoms with Crippen LogP contribution in [0.5, 0.6) is 0 Å². The first-order valence-electron chi connectivity index (χ1n) is 6.91. The summed E-state index contributed by atoms with van der Waals surface area (Å²) in [4.78, 5) is 12.6. The van der Waals surface area contributed by atoms with Crippen LogP contribution in [0.2, 0.25) is 5.02 Å². The van der Waals surface area contributed by atoms with E-state index in [1.54, 1.807) is 12.1 Å². The zero-order valence-electron chi connectivity index (χ0n) is 11.9. The molecule has 20 heavy (non-hydrogen) atoms. The predicted molar refractivity (Wildman–Crippen MR) is 81.5 cm³/mol. The Balaban J connectivity index is 0.000000956. The van der Waals surface area contributed by atoms with Gasteiger partial charge in [-0.05, 0) is 30.9 Å². The zero-order valence-corrected chi connectivity index (χ0v) is 12.6. The molecule has 1 aromatic rings. The maximum Gasteiger partial charge on any atom is 0.294 e. The van der Waals surface area contributed by atoms with Gasteiger partial charge in [-0.15, -0.1) is 0 Å². The summed E-state index contributed by atoms with van der Waals surface area (Å²) >= 11 is 5.79. The zero-order chi connectivity index (χ0) is 15.1. The Hall–Kier alpha value is -1.33. The fraction of sp³-hybridized carbons (Fsp3) is 0.571. The number of nitrogens with zero attached hydrogens (tertiary/aromatic N) is 2. The van der Waals surface area contributed by atoms with Crippen LogP contribution in [0.25, 0.3) is 0 Å². The van der Waals surface area contributed by atoms with Crippen molar-refractivity contribution in [3.8, 4) is 0 Å². The van der Waals surface area contributed by atoms with Crippen LogP contribution in [0.4, 0.5) is 11.4 Å². The molecule has 0 atom stereocenters. The summed E-state index contributed by atoms with van der Waals surface area (Å²) in [6, 6.07) is 4.75. The smallest absolute Gasteiger partial charge is 0.294 e. The van der Waals surface area contributed by atoms with Crippen molar-refractivity contribution in [1.82, 2.24) is 0 Å². The number of aliphatic hydroxyl groups excluding tert-OH is 1. The molecule has 5 nitrogen and oxygen atoms in total. The molecule has 2 rings (SSSR count). The van der Waals surface area contributed by atoms with Crippen molar-refractivity contribution in [2.75, 3.05) is 24.6 Å². The van der Waals surface area contributed by atoms with Crippen LogP contribution >= 0.6 is 11.6 Å². The van der Waals surface area contributed by atoms with Gasteiger partial charge in [-0.3, -0.25) is 10.1 Å². The first-order chi connectivity index (χ1) is 9.61. The lowest BCUT2D eigenvalue weighted by Gasteiger charge is -2.32. The Kier molecular flexibility index (Phi) is 6.75. The van der Waals surface area contributed by atoms with Gasteiger partial charge in [0.15, 0.2) is 0 Å². The number of rotatable bonds is 3. The molecule has 6 heteroatoms. The lowest BCUT2D eigenvalue weighted by molar-refractivity contribution is -0.384. The van der Waals surface area contributed by atoms with E-state index in [4.69, 9.17) is 16.7 Å². The van der Waals surface area contributed by atoms with Crippen molar-refractivity contribution >= 4 is 23.0 Å². The van der Waals surface area contributed by atoms with E-state index in [1.165, 1.54) is 6.07 Å². The van der Waals surface area contributed by atoms with Crippen LogP contribution in [0, 0.1) is 16.0 Å². The highest BCUT2D eigenvalue weighted by atomic mass is 35.5. The molecule has 1 fully saturated rings. The summed E-state index contributed by atoms with van der Waals surface area (Å²) in [5.41, 5.74) is 0.658. The summed E-state index contributed by atoms with van der Waals surface area (Å²) in [6.45, 7) is 5.65. The number of hydrogen-bond donors (Lipinski definition) is 1. The average Bonchev–Trinajstić information content (AvgIpc) is 2.49. The first kappa shape index (κ1) is 16.7. The van der Waals surface area contributed by atoms with Crippen LogP contribution in [-0.2, 0) is 0 Å². The number of benzene rings is 1. The molecular weight excluding hydrogens is 280 g/mol. The largest absolute Gasteiger partial charge is 0.396 e. The topological polar surface area (TPSA) is 66.6 Å². The van der Waals surface area contributed by atoms with E-state index in [9.17, 15) is 10.1 Å². The van der Waals surface area contributed by atoms with Gasteiger partial charge in [0.25, 0.3) is 5.69 Å². The molecule has 0 aromatic heterocycles. The summed E-state index contributed by atoms with van der Waals surface area (Å²) in [5.74, 6) is 0.313. The van der Waals surface area contributed by atoms with E-state index < -0.39 is 4.92 Å². The van der Waals surface area contributed by atoms with E-state index in [-0.39, 0.29) is 12.3 Å². The standard InChI is InChI=1S/C12H15ClN2O3.C2H6/c13-10-1-2-11(12(7-10)15(17)18)14-5-3-9(8-16)4-6-14;1-2/h1-2,7,9,16H,3-6,8H2;1-2H3. The molecule has 1 heterocycles. The summed E-state index contributed by atoms with van der Waals surface area (Å²) in [5, 5.41) is 20.5. The lowest BCUT2D eigenvalue weighted by Crippen LogP contribution is -2.35. The Bertz CT molecular complexity index is 446. The Morgan fingerprint density at radius 1 is 1.40 bits per heavy atom. The molecule has 0 amide bonds. The van der Waals surface area contributed by atoms with Crippen molar-refractivity contribution in [1.29, 1.82) is 0 Å². The molecule has 0 bridgehead atoms. The minimum absolute atomic E-state index is 0.0462. The minimum atomic E-state index is -0.403. The third kappa shape index (κ3) is 4.08. The molecule has 0 spiro atoms. The number of aliphatic hydroxyl groups is 1. The number of piperidine rings is 1. The monoisotopic (exact) mass is 300 g/mol. The van der Waals surface area contributed by atoms with Gasteiger partial charge in [-0.25, -0.2) is 0 Å². The highest BCUT2D eigenvalue weighted by Gasteiger charge is 2.24. The molecule has 1 aliphatic heterocycles. The number of nitro benzene ring substituents is 1. The van der Waals surface area contributed by atoms with E-state index in [0.717, 1.165) is 25.9 Å². The number of nitro groups is 1. The third-order valence-electron chi connectivity index (χ3n) is 3.35. The summed E-state index contributed by atoms with van der Waals surface area (Å²) < 4.78 is 0. The lowest BCUT2D eigenvalue weighted by atomic mass is 9.97. The van der Waals surface area contributed by atoms with Gasteiger partial charge in [0.2, 0.25) is 0 Å². The van der Waals surface area contributed by atoms with E-state index >= 15 is 0 Å². The van der Waals surface area contributed by atoms with Crippen LogP contribution in [0.15, 0.2) is 18.2 Å². The quantitative estimate of drug-likeness (QED) is 0.685. The van der Waals surface area contributed by atoms with Crippen LogP contribution in [-0.4, -0.2) is 29.7 Å². The van der Waals surface area contributed by atoms with Crippen molar-refractivity contribution in [2.24, 2.45) is 5.92 Å². The molecule has 0 aliphatic carbocycles. The molecule has 1 aromatic carbocycles. The van der Waals surface area contributed by atoms with E-state index in [2.05, 4.69) is 0 Å². The fourth-order valence-corrected chi connectivity index (χ4v) is 2.43. The maximum absolute atomic E-state index is 11.0. The number of halogens is 1. The van der Waals surface area contributed by atoms with Crippen molar-refractivity contribution in [3.63, 3.8) is 0 Å². The summed E-state index contributed by atoms with van der Waals surface area (Å²) in [6.07, 6.45) is 1.71. The molecular formula is C14H21ClN2O3. The van der Waals surface area contributed by atoms with Gasteiger partial charge >= 0.3 is 0 Å². The summed E-state index contributed by atoms with van der Waals surface area (Å²) in [7, 11) is 0. The van der Waals surface area contributed by atoms with Gasteiger partial charge in [0, 0.05) is 30.8 Å². The Morgan fingerprint density at radius 3 is 2.50 bits per heavy atom. The molecule has 0 saturated carbocycles. The highest BCUT2D eigenvalue weighted by molar-refractivity contribution is 6.30. The van der Waals surface area contributed by atoms with Gasteiger partial charge in [-0.2, -0.15) is 0 Å². The highest BCUT2D eigenvalue weighted by Crippen LogP contribution is 2.33. The molecule has 112 valence electrons. The molecule has 1 saturated heterocycles.